The maximum atomic E-state index is 13.3. The average molecular weight is 425 g/mol. The molecule has 0 spiro atoms. The first-order chi connectivity index (χ1) is 14.9. The summed E-state index contributed by atoms with van der Waals surface area (Å²) in [5.41, 5.74) is 3.79. The molecule has 0 radical (unpaired) electrons. The molecule has 1 aliphatic rings. The Morgan fingerprint density at radius 1 is 1.13 bits per heavy atom. The summed E-state index contributed by atoms with van der Waals surface area (Å²) in [5, 5.41) is 0. The van der Waals surface area contributed by atoms with E-state index in [-0.39, 0.29) is 24.4 Å². The van der Waals surface area contributed by atoms with Crippen molar-refractivity contribution >= 4 is 11.8 Å². The van der Waals surface area contributed by atoms with Crippen LogP contribution in [0.2, 0.25) is 0 Å². The maximum absolute atomic E-state index is 13.3. The van der Waals surface area contributed by atoms with Gasteiger partial charge in [0.15, 0.2) is 11.5 Å². The number of benzene rings is 2. The van der Waals surface area contributed by atoms with Gasteiger partial charge in [-0.15, -0.1) is 0 Å². The van der Waals surface area contributed by atoms with E-state index in [1.54, 1.807) is 19.1 Å². The Morgan fingerprint density at radius 2 is 1.81 bits per heavy atom. The summed E-state index contributed by atoms with van der Waals surface area (Å²) in [5.74, 6) is 1.23. The van der Waals surface area contributed by atoms with Gasteiger partial charge in [-0.25, -0.2) is 0 Å². The number of methoxy groups -OCH3 is 2. The Kier molecular flexibility index (Phi) is 7.21. The minimum atomic E-state index is -0.104. The molecule has 0 N–H and O–H groups in total. The van der Waals surface area contributed by atoms with Crippen molar-refractivity contribution < 1.29 is 19.1 Å². The van der Waals surface area contributed by atoms with Gasteiger partial charge in [-0.2, -0.15) is 0 Å². The number of ether oxygens (including phenoxy) is 2. The van der Waals surface area contributed by atoms with Crippen LogP contribution in [-0.4, -0.2) is 55.5 Å². The first kappa shape index (κ1) is 22.7. The molecule has 2 amide bonds. The van der Waals surface area contributed by atoms with E-state index in [9.17, 15) is 9.59 Å². The zero-order chi connectivity index (χ0) is 22.5. The zero-order valence-corrected chi connectivity index (χ0v) is 19.1. The fraction of sp³-hybridized carbons (Fsp3) is 0.440. The molecular formula is C25H32N2O4. The molecule has 0 fully saturated rings. The lowest BCUT2D eigenvalue weighted by molar-refractivity contribution is -0.134. The lowest BCUT2D eigenvalue weighted by Gasteiger charge is -2.37. The second kappa shape index (κ2) is 9.86. The van der Waals surface area contributed by atoms with Crippen LogP contribution < -0.4 is 9.47 Å². The molecule has 0 aromatic heterocycles. The minimum Gasteiger partial charge on any atom is -0.493 e. The largest absolute Gasteiger partial charge is 0.493 e. The summed E-state index contributed by atoms with van der Waals surface area (Å²) < 4.78 is 10.9. The number of carbonyl (C=O) groups is 2. The van der Waals surface area contributed by atoms with Crippen molar-refractivity contribution in [2.45, 2.75) is 39.7 Å². The topological polar surface area (TPSA) is 59.1 Å². The Balaban J connectivity index is 1.80. The number of carbonyl (C=O) groups excluding carboxylic acids is 2. The molecule has 31 heavy (non-hydrogen) atoms. The number of amides is 2. The maximum Gasteiger partial charge on any atom is 0.254 e. The second-order valence-electron chi connectivity index (χ2n) is 7.96. The lowest BCUT2D eigenvalue weighted by atomic mass is 9.92. The van der Waals surface area contributed by atoms with E-state index in [4.69, 9.17) is 9.47 Å². The van der Waals surface area contributed by atoms with E-state index in [1.165, 1.54) is 0 Å². The number of fused-ring (bicyclic) bond motifs is 1. The second-order valence-corrected chi connectivity index (χ2v) is 7.96. The Bertz CT molecular complexity index is 957. The van der Waals surface area contributed by atoms with Crippen LogP contribution in [0.5, 0.6) is 11.5 Å². The number of nitrogens with zero attached hydrogens (tertiary/aromatic N) is 2. The first-order valence-electron chi connectivity index (χ1n) is 10.8. The Labute approximate surface area is 184 Å². The molecule has 166 valence electrons. The van der Waals surface area contributed by atoms with Crippen LogP contribution >= 0.6 is 0 Å². The van der Waals surface area contributed by atoms with Crippen molar-refractivity contribution in [3.05, 3.63) is 58.7 Å². The number of hydrogen-bond acceptors (Lipinski definition) is 4. The molecule has 0 bridgehead atoms. The molecule has 2 aromatic rings. The van der Waals surface area contributed by atoms with Crippen molar-refractivity contribution in [2.24, 2.45) is 0 Å². The molecule has 6 nitrogen and oxygen atoms in total. The van der Waals surface area contributed by atoms with Gasteiger partial charge in [0.05, 0.1) is 20.3 Å². The van der Waals surface area contributed by atoms with Gasteiger partial charge in [0.1, 0.15) is 6.54 Å². The first-order valence-corrected chi connectivity index (χ1v) is 10.8. The van der Waals surface area contributed by atoms with Crippen LogP contribution in [0.1, 0.15) is 53.4 Å². The molecule has 0 saturated carbocycles. The smallest absolute Gasteiger partial charge is 0.254 e. The predicted molar refractivity (Wildman–Crippen MR) is 121 cm³/mol. The molecule has 0 aliphatic carbocycles. The van der Waals surface area contributed by atoms with Crippen LogP contribution in [0, 0.1) is 6.92 Å². The highest BCUT2D eigenvalue weighted by molar-refractivity contribution is 5.97. The average Bonchev–Trinajstić information content (AvgIpc) is 2.78. The van der Waals surface area contributed by atoms with Crippen LogP contribution in [0.15, 0.2) is 36.4 Å². The molecule has 1 aliphatic heterocycles. The van der Waals surface area contributed by atoms with E-state index in [0.29, 0.717) is 30.2 Å². The van der Waals surface area contributed by atoms with Gasteiger partial charge in [-0.05, 0) is 61.6 Å². The predicted octanol–water partition coefficient (Wildman–Crippen LogP) is 4.01. The van der Waals surface area contributed by atoms with Crippen LogP contribution in [0.25, 0.3) is 0 Å². The fourth-order valence-electron chi connectivity index (χ4n) is 4.24. The number of aryl methyl sites for hydroxylation is 1. The summed E-state index contributed by atoms with van der Waals surface area (Å²) in [4.78, 5) is 29.9. The zero-order valence-electron chi connectivity index (χ0n) is 19.1. The third-order valence-electron chi connectivity index (χ3n) is 5.99. The van der Waals surface area contributed by atoms with Gasteiger partial charge < -0.3 is 19.3 Å². The van der Waals surface area contributed by atoms with E-state index >= 15 is 0 Å². The van der Waals surface area contributed by atoms with Gasteiger partial charge in [0.25, 0.3) is 5.91 Å². The standard InChI is InChI=1S/C25H32N2O4/c1-6-12-26(25(29)20-10-8-7-9-17(20)2)16-24(28)27-13-11-19-14-22(30-4)23(31-5)15-21(19)18(27)3/h7-10,14-15,18H,6,11-13,16H2,1-5H3. The van der Waals surface area contributed by atoms with Crippen molar-refractivity contribution in [2.75, 3.05) is 33.9 Å². The van der Waals surface area contributed by atoms with Crippen LogP contribution in [0.3, 0.4) is 0 Å². The molecular weight excluding hydrogens is 392 g/mol. The highest BCUT2D eigenvalue weighted by atomic mass is 16.5. The van der Waals surface area contributed by atoms with Gasteiger partial charge in [0, 0.05) is 18.7 Å². The van der Waals surface area contributed by atoms with Crippen molar-refractivity contribution in [3.8, 4) is 11.5 Å². The van der Waals surface area contributed by atoms with Crippen LogP contribution in [-0.2, 0) is 11.2 Å². The minimum absolute atomic E-state index is 0.0386. The monoisotopic (exact) mass is 424 g/mol. The highest BCUT2D eigenvalue weighted by Gasteiger charge is 2.31. The SMILES string of the molecule is CCCN(CC(=O)N1CCc2cc(OC)c(OC)cc2C1C)C(=O)c1ccccc1C. The van der Waals surface area contributed by atoms with E-state index in [1.807, 2.05) is 62.1 Å². The van der Waals surface area contributed by atoms with Gasteiger partial charge in [0.2, 0.25) is 5.91 Å². The van der Waals surface area contributed by atoms with Gasteiger partial charge >= 0.3 is 0 Å². The van der Waals surface area contributed by atoms with Gasteiger partial charge in [-0.1, -0.05) is 25.1 Å². The summed E-state index contributed by atoms with van der Waals surface area (Å²) >= 11 is 0. The summed E-state index contributed by atoms with van der Waals surface area (Å²) in [7, 11) is 3.24. The van der Waals surface area contributed by atoms with E-state index in [0.717, 1.165) is 29.5 Å². The summed E-state index contributed by atoms with van der Waals surface area (Å²) in [6, 6.07) is 11.4. The molecule has 1 heterocycles. The third-order valence-corrected chi connectivity index (χ3v) is 5.99. The quantitative estimate of drug-likeness (QED) is 0.674. The van der Waals surface area contributed by atoms with Crippen molar-refractivity contribution in [3.63, 3.8) is 0 Å². The molecule has 0 saturated heterocycles. The van der Waals surface area contributed by atoms with Crippen molar-refractivity contribution in [1.29, 1.82) is 0 Å². The Hall–Kier alpha value is -3.02. The molecule has 3 rings (SSSR count). The van der Waals surface area contributed by atoms with E-state index in [2.05, 4.69) is 0 Å². The lowest BCUT2D eigenvalue weighted by Crippen LogP contribution is -2.46. The Morgan fingerprint density at radius 3 is 2.45 bits per heavy atom. The number of rotatable bonds is 7. The van der Waals surface area contributed by atoms with Crippen molar-refractivity contribution in [1.82, 2.24) is 9.80 Å². The summed E-state index contributed by atoms with van der Waals surface area (Å²) in [6.45, 7) is 7.19. The van der Waals surface area contributed by atoms with E-state index < -0.39 is 0 Å². The highest BCUT2D eigenvalue weighted by Crippen LogP contribution is 2.37. The van der Waals surface area contributed by atoms with Crippen LogP contribution in [0.4, 0.5) is 0 Å². The fourth-order valence-corrected chi connectivity index (χ4v) is 4.24. The molecule has 2 aromatic carbocycles. The number of hydrogen-bond donors (Lipinski definition) is 0. The summed E-state index contributed by atoms with van der Waals surface area (Å²) in [6.07, 6.45) is 1.53. The molecule has 1 unspecified atom stereocenters. The normalized spacial score (nSPS) is 15.3. The molecule has 1 atom stereocenters. The third kappa shape index (κ3) is 4.68. The molecule has 6 heteroatoms. The van der Waals surface area contributed by atoms with Gasteiger partial charge in [-0.3, -0.25) is 9.59 Å².